The van der Waals surface area contributed by atoms with Gasteiger partial charge in [-0.1, -0.05) is 12.1 Å². The highest BCUT2D eigenvalue weighted by molar-refractivity contribution is 6.23. The van der Waals surface area contributed by atoms with Crippen molar-refractivity contribution in [3.63, 3.8) is 0 Å². The Labute approximate surface area is 222 Å². The van der Waals surface area contributed by atoms with Crippen molar-refractivity contribution in [2.75, 3.05) is 38.4 Å². The molecule has 1 saturated heterocycles. The summed E-state index contributed by atoms with van der Waals surface area (Å²) in [5.74, 6) is 0.0514. The Morgan fingerprint density at radius 1 is 1.11 bits per heavy atom. The largest absolute Gasteiger partial charge is 0.497 e. The van der Waals surface area contributed by atoms with Crippen molar-refractivity contribution in [2.45, 2.75) is 32.8 Å². The number of allylic oxidation sites excluding steroid dienone is 1. The molecule has 0 radical (unpaired) electrons. The smallest absolute Gasteiger partial charge is 0.340 e. The Hall–Kier alpha value is -4.11. The van der Waals surface area contributed by atoms with Gasteiger partial charge >= 0.3 is 5.97 Å². The molecule has 0 spiro atoms. The van der Waals surface area contributed by atoms with Crippen LogP contribution in [0, 0.1) is 0 Å². The number of hydrogen-bond acceptors (Lipinski definition) is 7. The van der Waals surface area contributed by atoms with Crippen molar-refractivity contribution in [1.29, 1.82) is 0 Å². The zero-order valence-electron chi connectivity index (χ0n) is 21.8. The monoisotopic (exact) mass is 520 g/mol. The number of benzene rings is 2. The molecule has 9 heteroatoms. The first-order chi connectivity index (χ1) is 18.4. The normalized spacial score (nSPS) is 18.2. The summed E-state index contributed by atoms with van der Waals surface area (Å²) in [4.78, 5) is 39.9. The number of methoxy groups -OCH3 is 1. The van der Waals surface area contributed by atoms with Crippen LogP contribution < -0.4 is 19.7 Å². The predicted octanol–water partition coefficient (Wildman–Crippen LogP) is 3.64. The summed E-state index contributed by atoms with van der Waals surface area (Å²) in [7, 11) is 1.57. The first kappa shape index (κ1) is 26.9. The van der Waals surface area contributed by atoms with E-state index in [0.717, 1.165) is 19.4 Å². The van der Waals surface area contributed by atoms with Crippen molar-refractivity contribution < 1.29 is 33.3 Å². The zero-order valence-corrected chi connectivity index (χ0v) is 21.8. The van der Waals surface area contributed by atoms with Crippen molar-refractivity contribution in [2.24, 2.45) is 0 Å². The van der Waals surface area contributed by atoms with E-state index in [1.165, 1.54) is 4.90 Å². The van der Waals surface area contributed by atoms with E-state index < -0.39 is 5.97 Å². The molecule has 0 aromatic heterocycles. The van der Waals surface area contributed by atoms with Crippen LogP contribution in [0.2, 0.25) is 0 Å². The molecule has 0 saturated carbocycles. The third-order valence-electron chi connectivity index (χ3n) is 6.32. The maximum Gasteiger partial charge on any atom is 0.340 e. The van der Waals surface area contributed by atoms with E-state index in [2.05, 4.69) is 5.32 Å². The number of esters is 1. The van der Waals surface area contributed by atoms with Crippen LogP contribution in [0.1, 0.15) is 32.3 Å². The first-order valence-electron chi connectivity index (χ1n) is 12.6. The second kappa shape index (κ2) is 12.4. The van der Waals surface area contributed by atoms with Gasteiger partial charge in [-0.2, -0.15) is 0 Å². The predicted molar refractivity (Wildman–Crippen MR) is 142 cm³/mol. The van der Waals surface area contributed by atoms with Crippen molar-refractivity contribution in [3.05, 3.63) is 70.9 Å². The van der Waals surface area contributed by atoms with E-state index >= 15 is 0 Å². The molecular formula is C29H32N2O7. The topological polar surface area (TPSA) is 103 Å². The quantitative estimate of drug-likeness (QED) is 0.377. The van der Waals surface area contributed by atoms with E-state index in [0.29, 0.717) is 35.0 Å². The van der Waals surface area contributed by atoms with Crippen LogP contribution in [0.5, 0.6) is 11.5 Å². The SMILES string of the molecule is CCOC(=O)C1=C(C)N(c2ccc(OC)cc2)C(=O)/C1=C\c1ccc(OCC(=O)NC[C@@H]2CCCO2)cc1. The number of nitrogens with one attached hydrogen (secondary N) is 1. The van der Waals surface area contributed by atoms with Gasteiger partial charge in [0.05, 0.1) is 31.0 Å². The number of ether oxygens (including phenoxy) is 4. The molecule has 1 N–H and O–H groups in total. The molecule has 38 heavy (non-hydrogen) atoms. The first-order valence-corrected chi connectivity index (χ1v) is 12.6. The van der Waals surface area contributed by atoms with Gasteiger partial charge in [-0.05, 0) is 74.7 Å². The number of nitrogens with zero attached hydrogens (tertiary/aromatic N) is 1. The molecule has 1 atom stereocenters. The summed E-state index contributed by atoms with van der Waals surface area (Å²) in [6.07, 6.45) is 3.69. The number of rotatable bonds is 10. The molecule has 9 nitrogen and oxygen atoms in total. The molecule has 4 rings (SSSR count). The van der Waals surface area contributed by atoms with Crippen LogP contribution >= 0.6 is 0 Å². The number of carbonyl (C=O) groups is 3. The molecule has 0 bridgehead atoms. The summed E-state index contributed by atoms with van der Waals surface area (Å²) in [5.41, 5.74) is 2.24. The van der Waals surface area contributed by atoms with E-state index in [1.807, 2.05) is 0 Å². The molecule has 2 amide bonds. The Morgan fingerprint density at radius 3 is 2.45 bits per heavy atom. The van der Waals surface area contributed by atoms with Crippen molar-refractivity contribution in [3.8, 4) is 11.5 Å². The second-order valence-electron chi connectivity index (χ2n) is 8.87. The fourth-order valence-electron chi connectivity index (χ4n) is 4.38. The number of carbonyl (C=O) groups excluding carboxylic acids is 3. The fourth-order valence-corrected chi connectivity index (χ4v) is 4.38. The molecular weight excluding hydrogens is 488 g/mol. The Bertz CT molecular complexity index is 1230. The van der Waals surface area contributed by atoms with Crippen LogP contribution in [0.4, 0.5) is 5.69 Å². The molecule has 200 valence electrons. The van der Waals surface area contributed by atoms with Crippen LogP contribution in [-0.4, -0.2) is 57.4 Å². The highest BCUT2D eigenvalue weighted by atomic mass is 16.5. The van der Waals surface area contributed by atoms with E-state index in [4.69, 9.17) is 18.9 Å². The van der Waals surface area contributed by atoms with Crippen LogP contribution in [-0.2, 0) is 23.9 Å². The standard InChI is InChI=1S/C29H32N2O7/c1-4-36-29(34)27-19(2)31(21-9-13-22(35-3)14-10-21)28(33)25(27)16-20-7-11-23(12-8-20)38-18-26(32)30-17-24-6-5-15-37-24/h7-14,16,24H,4-6,15,17-18H2,1-3H3,(H,30,32)/b25-16-/t24-/m0/s1. The summed E-state index contributed by atoms with van der Waals surface area (Å²) < 4.78 is 21.6. The lowest BCUT2D eigenvalue weighted by molar-refractivity contribution is -0.138. The van der Waals surface area contributed by atoms with Gasteiger partial charge in [0.1, 0.15) is 11.5 Å². The van der Waals surface area contributed by atoms with Crippen molar-refractivity contribution >= 4 is 29.5 Å². The maximum absolute atomic E-state index is 13.5. The van der Waals surface area contributed by atoms with Crippen molar-refractivity contribution in [1.82, 2.24) is 5.32 Å². The van der Waals surface area contributed by atoms with Crippen LogP contribution in [0.25, 0.3) is 6.08 Å². The van der Waals surface area contributed by atoms with Gasteiger partial charge in [-0.3, -0.25) is 14.5 Å². The Morgan fingerprint density at radius 2 is 1.82 bits per heavy atom. The fraction of sp³-hybridized carbons (Fsp3) is 0.345. The second-order valence-corrected chi connectivity index (χ2v) is 8.87. The molecule has 2 heterocycles. The summed E-state index contributed by atoms with van der Waals surface area (Å²) in [6.45, 7) is 4.73. The average Bonchev–Trinajstić information content (AvgIpc) is 3.53. The van der Waals surface area contributed by atoms with Crippen LogP contribution in [0.15, 0.2) is 65.4 Å². The molecule has 0 aliphatic carbocycles. The minimum Gasteiger partial charge on any atom is -0.497 e. The van der Waals surface area contributed by atoms with Gasteiger partial charge in [0, 0.05) is 24.5 Å². The van der Waals surface area contributed by atoms with Gasteiger partial charge < -0.3 is 24.3 Å². The molecule has 2 aliphatic heterocycles. The maximum atomic E-state index is 13.5. The highest BCUT2D eigenvalue weighted by Gasteiger charge is 2.38. The van der Waals surface area contributed by atoms with E-state index in [-0.39, 0.29) is 42.3 Å². The molecule has 2 aromatic carbocycles. The van der Waals surface area contributed by atoms with Gasteiger partial charge in [0.25, 0.3) is 11.8 Å². The molecule has 2 aromatic rings. The van der Waals surface area contributed by atoms with Gasteiger partial charge in [-0.25, -0.2) is 4.79 Å². The average molecular weight is 521 g/mol. The Balaban J connectivity index is 1.48. The van der Waals surface area contributed by atoms with Gasteiger partial charge in [-0.15, -0.1) is 0 Å². The summed E-state index contributed by atoms with van der Waals surface area (Å²) >= 11 is 0. The molecule has 0 unspecified atom stereocenters. The lowest BCUT2D eigenvalue weighted by Gasteiger charge is -2.18. The summed E-state index contributed by atoms with van der Waals surface area (Å²) in [6, 6.07) is 14.0. The minimum absolute atomic E-state index is 0.0717. The lowest BCUT2D eigenvalue weighted by atomic mass is 10.0. The zero-order chi connectivity index (χ0) is 27.1. The number of anilines is 1. The number of amides is 2. The molecule has 2 aliphatic rings. The third kappa shape index (κ3) is 6.23. The minimum atomic E-state index is -0.561. The third-order valence-corrected chi connectivity index (χ3v) is 6.32. The van der Waals surface area contributed by atoms with Gasteiger partial charge in [0.15, 0.2) is 6.61 Å². The Kier molecular flexibility index (Phi) is 8.81. The molecule has 1 fully saturated rings. The number of hydrogen-bond donors (Lipinski definition) is 1. The summed E-state index contributed by atoms with van der Waals surface area (Å²) in [5, 5.41) is 2.82. The van der Waals surface area contributed by atoms with Crippen LogP contribution in [0.3, 0.4) is 0 Å². The highest BCUT2D eigenvalue weighted by Crippen LogP contribution is 2.36. The lowest BCUT2D eigenvalue weighted by Crippen LogP contribution is -2.35. The van der Waals surface area contributed by atoms with Gasteiger partial charge in [0.2, 0.25) is 0 Å². The van der Waals surface area contributed by atoms with E-state index in [9.17, 15) is 14.4 Å². The van der Waals surface area contributed by atoms with E-state index in [1.54, 1.807) is 75.6 Å².